The van der Waals surface area contributed by atoms with Gasteiger partial charge in [-0.25, -0.2) is 0 Å². The van der Waals surface area contributed by atoms with Crippen LogP contribution in [-0.2, 0) is 14.4 Å². The minimum atomic E-state index is -0.620. The fourth-order valence-corrected chi connectivity index (χ4v) is 7.23. The number of likely N-dealkylation sites (N-methyl/N-ethyl adjacent to an activating group) is 1. The van der Waals surface area contributed by atoms with Crippen molar-refractivity contribution >= 4 is 17.7 Å². The zero-order valence-corrected chi connectivity index (χ0v) is 24.5. The summed E-state index contributed by atoms with van der Waals surface area (Å²) in [5.74, 6) is 0.973. The molecule has 5 rings (SSSR count). The Morgan fingerprint density at radius 3 is 2.52 bits per heavy atom. The van der Waals surface area contributed by atoms with Crippen molar-refractivity contribution in [2.45, 2.75) is 102 Å². The molecule has 0 bridgehead atoms. The van der Waals surface area contributed by atoms with Crippen molar-refractivity contribution in [1.29, 1.82) is 0 Å². The van der Waals surface area contributed by atoms with Crippen molar-refractivity contribution in [3.63, 3.8) is 0 Å². The van der Waals surface area contributed by atoms with E-state index in [2.05, 4.69) is 34.7 Å². The molecule has 220 valence electrons. The van der Waals surface area contributed by atoms with Gasteiger partial charge in [-0.05, 0) is 58.1 Å². The van der Waals surface area contributed by atoms with Gasteiger partial charge < -0.3 is 25.6 Å². The maximum atomic E-state index is 14.5. The van der Waals surface area contributed by atoms with E-state index < -0.39 is 18.1 Å². The first-order valence-corrected chi connectivity index (χ1v) is 15.3. The van der Waals surface area contributed by atoms with Crippen molar-refractivity contribution in [2.75, 3.05) is 26.7 Å². The Hall–Kier alpha value is -2.65. The number of amides is 3. The third-order valence-electron chi connectivity index (χ3n) is 10.00. The summed E-state index contributed by atoms with van der Waals surface area (Å²) in [6.07, 6.45) is 6.80. The Morgan fingerprint density at radius 2 is 1.77 bits per heavy atom. The molecule has 9 nitrogen and oxygen atoms in total. The van der Waals surface area contributed by atoms with E-state index in [0.717, 1.165) is 49.8 Å². The second-order valence-corrected chi connectivity index (χ2v) is 12.4. The minimum Gasteiger partial charge on any atom is -0.493 e. The molecule has 4 aliphatic rings. The molecule has 3 aliphatic heterocycles. The van der Waals surface area contributed by atoms with Crippen molar-refractivity contribution in [3.8, 4) is 5.75 Å². The third kappa shape index (κ3) is 5.86. The van der Waals surface area contributed by atoms with Gasteiger partial charge in [-0.1, -0.05) is 44.4 Å². The number of hydrogen-bond donors (Lipinski definition) is 3. The lowest BCUT2D eigenvalue weighted by Crippen LogP contribution is -2.67. The highest BCUT2D eigenvalue weighted by Gasteiger charge is 2.48. The van der Waals surface area contributed by atoms with Crippen LogP contribution < -0.4 is 20.7 Å². The average molecular weight is 554 g/mol. The molecule has 3 heterocycles. The number of rotatable bonds is 7. The van der Waals surface area contributed by atoms with Crippen molar-refractivity contribution in [1.82, 2.24) is 25.8 Å². The number of piperazine rings is 1. The molecule has 7 atom stereocenters. The van der Waals surface area contributed by atoms with Crippen molar-refractivity contribution in [3.05, 3.63) is 29.8 Å². The fraction of sp³-hybridized carbons (Fsp3) is 0.710. The molecule has 1 aromatic carbocycles. The third-order valence-corrected chi connectivity index (χ3v) is 10.00. The minimum absolute atomic E-state index is 0.0831. The highest BCUT2D eigenvalue weighted by atomic mass is 16.5. The van der Waals surface area contributed by atoms with Crippen LogP contribution in [0.15, 0.2) is 24.3 Å². The molecule has 0 spiro atoms. The monoisotopic (exact) mass is 553 g/mol. The summed E-state index contributed by atoms with van der Waals surface area (Å²) < 4.78 is 5.82. The van der Waals surface area contributed by atoms with Gasteiger partial charge in [0, 0.05) is 37.2 Å². The first-order chi connectivity index (χ1) is 19.3. The summed E-state index contributed by atoms with van der Waals surface area (Å²) in [7, 11) is 1.75. The number of ether oxygens (including phenoxy) is 1. The van der Waals surface area contributed by atoms with E-state index >= 15 is 0 Å². The van der Waals surface area contributed by atoms with Gasteiger partial charge in [0.05, 0.1) is 18.7 Å². The van der Waals surface area contributed by atoms with Crippen LogP contribution >= 0.6 is 0 Å². The van der Waals surface area contributed by atoms with E-state index in [1.165, 1.54) is 0 Å². The van der Waals surface area contributed by atoms with Gasteiger partial charge in [0.15, 0.2) is 0 Å². The first kappa shape index (κ1) is 28.9. The number of nitrogens with zero attached hydrogens (tertiary/aromatic N) is 2. The lowest BCUT2D eigenvalue weighted by molar-refractivity contribution is -0.150. The predicted molar refractivity (Wildman–Crippen MR) is 154 cm³/mol. The Balaban J connectivity index is 1.42. The number of hydrogen-bond acceptors (Lipinski definition) is 6. The number of carbonyl (C=O) groups is 3. The largest absolute Gasteiger partial charge is 0.493 e. The van der Waals surface area contributed by atoms with E-state index in [0.29, 0.717) is 38.1 Å². The van der Waals surface area contributed by atoms with Gasteiger partial charge in [-0.3, -0.25) is 19.3 Å². The molecule has 9 heteroatoms. The van der Waals surface area contributed by atoms with E-state index in [1.807, 2.05) is 29.2 Å². The van der Waals surface area contributed by atoms with Gasteiger partial charge in [-0.2, -0.15) is 0 Å². The SMILES string of the molecule is CN[C@@H](C)C(=O)NC(C(=O)N1C[C@H]2C[C@H](C)[C@H](C)N2C[C@H]1C(=O)N[C@@H]1CCOc2ccccc21)C1CCCCC1. The second kappa shape index (κ2) is 12.5. The van der Waals surface area contributed by atoms with Crippen LogP contribution in [0.5, 0.6) is 5.75 Å². The normalized spacial score (nSPS) is 30.4. The zero-order chi connectivity index (χ0) is 28.4. The Kier molecular flexibility index (Phi) is 9.00. The summed E-state index contributed by atoms with van der Waals surface area (Å²) >= 11 is 0. The average Bonchev–Trinajstić information content (AvgIpc) is 3.26. The van der Waals surface area contributed by atoms with Gasteiger partial charge in [0.1, 0.15) is 17.8 Å². The van der Waals surface area contributed by atoms with Crippen LogP contribution in [0.4, 0.5) is 0 Å². The highest BCUT2D eigenvalue weighted by molar-refractivity contribution is 5.93. The van der Waals surface area contributed by atoms with Crippen LogP contribution in [0, 0.1) is 11.8 Å². The molecule has 1 unspecified atom stereocenters. The Labute approximate surface area is 238 Å². The summed E-state index contributed by atoms with van der Waals surface area (Å²) in [5.41, 5.74) is 0.977. The summed E-state index contributed by atoms with van der Waals surface area (Å²) in [6.45, 7) is 7.86. The molecule has 40 heavy (non-hydrogen) atoms. The van der Waals surface area contributed by atoms with Crippen LogP contribution in [0.3, 0.4) is 0 Å². The Morgan fingerprint density at radius 1 is 1.02 bits per heavy atom. The molecule has 3 fully saturated rings. The number of nitrogens with one attached hydrogen (secondary N) is 3. The molecule has 3 amide bonds. The van der Waals surface area contributed by atoms with E-state index in [-0.39, 0.29) is 35.7 Å². The number of para-hydroxylation sites is 1. The molecule has 1 aliphatic carbocycles. The standard InChI is InChI=1S/C31H47N5O4/c1-19-16-23-17-36(31(39)28(22-10-6-5-7-11-22)34-29(37)20(2)32-4)26(18-35(23)21(19)3)30(38)33-25-14-15-40-27-13-9-8-12-24(25)27/h8-9,12-13,19-23,25-26,28,32H,5-7,10-11,14-18H2,1-4H3,(H,33,38)(H,34,37)/t19-,20-,21-,23+,25+,26-,28?/m0/s1. The van der Waals surface area contributed by atoms with Crippen LogP contribution in [-0.4, -0.2) is 84.5 Å². The number of fused-ring (bicyclic) bond motifs is 2. The van der Waals surface area contributed by atoms with Crippen LogP contribution in [0.2, 0.25) is 0 Å². The van der Waals surface area contributed by atoms with E-state index in [1.54, 1.807) is 14.0 Å². The zero-order valence-electron chi connectivity index (χ0n) is 24.5. The maximum Gasteiger partial charge on any atom is 0.246 e. The lowest BCUT2D eigenvalue weighted by Gasteiger charge is -2.46. The molecule has 1 aromatic rings. The molecule has 1 saturated carbocycles. The molecule has 2 saturated heterocycles. The first-order valence-electron chi connectivity index (χ1n) is 15.3. The van der Waals surface area contributed by atoms with Crippen molar-refractivity contribution in [2.24, 2.45) is 11.8 Å². The fourth-order valence-electron chi connectivity index (χ4n) is 7.23. The smallest absolute Gasteiger partial charge is 0.246 e. The van der Waals surface area contributed by atoms with Crippen LogP contribution in [0.25, 0.3) is 0 Å². The molecule has 0 aromatic heterocycles. The molecule has 3 N–H and O–H groups in total. The lowest BCUT2D eigenvalue weighted by atomic mass is 9.82. The van der Waals surface area contributed by atoms with E-state index in [4.69, 9.17) is 4.74 Å². The Bertz CT molecular complexity index is 1080. The van der Waals surface area contributed by atoms with Crippen molar-refractivity contribution < 1.29 is 19.1 Å². The van der Waals surface area contributed by atoms with Gasteiger partial charge in [0.25, 0.3) is 0 Å². The number of benzene rings is 1. The maximum absolute atomic E-state index is 14.5. The van der Waals surface area contributed by atoms with Gasteiger partial charge in [0.2, 0.25) is 17.7 Å². The van der Waals surface area contributed by atoms with Crippen LogP contribution in [0.1, 0.15) is 77.3 Å². The quantitative estimate of drug-likeness (QED) is 0.480. The molecule has 0 radical (unpaired) electrons. The molecular formula is C31H47N5O4. The summed E-state index contributed by atoms with van der Waals surface area (Å²) in [4.78, 5) is 45.8. The predicted octanol–water partition coefficient (Wildman–Crippen LogP) is 2.61. The molecular weight excluding hydrogens is 506 g/mol. The van der Waals surface area contributed by atoms with Gasteiger partial charge >= 0.3 is 0 Å². The van der Waals surface area contributed by atoms with Gasteiger partial charge in [-0.15, -0.1) is 0 Å². The topological polar surface area (TPSA) is 103 Å². The summed E-state index contributed by atoms with van der Waals surface area (Å²) in [5, 5.41) is 9.39. The summed E-state index contributed by atoms with van der Waals surface area (Å²) in [6, 6.07) is 6.62. The van der Waals surface area contributed by atoms with E-state index in [9.17, 15) is 14.4 Å². The highest BCUT2D eigenvalue weighted by Crippen LogP contribution is 2.36. The second-order valence-electron chi connectivity index (χ2n) is 12.4. The number of carbonyl (C=O) groups excluding carboxylic acids is 3.